The van der Waals surface area contributed by atoms with Crippen LogP contribution < -0.4 is 5.73 Å². The van der Waals surface area contributed by atoms with Crippen molar-refractivity contribution in [1.82, 2.24) is 0 Å². The first-order chi connectivity index (χ1) is 9.78. The normalized spacial score (nSPS) is 12.7. The molecule has 20 heavy (non-hydrogen) atoms. The average molecular weight is 281 g/mol. The van der Waals surface area contributed by atoms with E-state index >= 15 is 0 Å². The zero-order chi connectivity index (χ0) is 13.9. The maximum atomic E-state index is 6.41. The molecule has 0 radical (unpaired) electrons. The maximum Gasteiger partial charge on any atom is 0.0646 e. The van der Waals surface area contributed by atoms with Crippen molar-refractivity contribution in [1.29, 1.82) is 0 Å². The Labute approximate surface area is 124 Å². The molecular weight excluding hydrogens is 262 g/mol. The highest BCUT2D eigenvalue weighted by Gasteiger charge is 2.12. The van der Waals surface area contributed by atoms with Gasteiger partial charge in [-0.2, -0.15) is 0 Å². The number of benzene rings is 2. The van der Waals surface area contributed by atoms with Crippen molar-refractivity contribution >= 4 is 21.4 Å². The minimum absolute atomic E-state index is 0.0249. The summed E-state index contributed by atoms with van der Waals surface area (Å²) < 4.78 is 1.31. The fourth-order valence-electron chi connectivity index (χ4n) is 2.50. The Balaban J connectivity index is 1.89. The van der Waals surface area contributed by atoms with E-state index in [0.717, 1.165) is 6.42 Å². The SMILES string of the molecule is CCCc1ccc(C(N)c2cc3ccccc3s2)cc1. The fraction of sp³-hybridized carbons (Fsp3) is 0.222. The molecule has 1 atom stereocenters. The van der Waals surface area contributed by atoms with Crippen LogP contribution in [0.3, 0.4) is 0 Å². The first-order valence-corrected chi connectivity index (χ1v) is 7.92. The van der Waals surface area contributed by atoms with Crippen molar-refractivity contribution in [2.75, 3.05) is 0 Å². The lowest BCUT2D eigenvalue weighted by Gasteiger charge is -2.10. The molecule has 0 aliphatic carbocycles. The van der Waals surface area contributed by atoms with Crippen LogP contribution in [0.15, 0.2) is 54.6 Å². The standard InChI is InChI=1S/C18H19NS/c1-2-5-13-8-10-14(11-9-13)18(19)17-12-15-6-3-4-7-16(15)20-17/h3-4,6-12,18H,2,5,19H2,1H3. The second kappa shape index (κ2) is 5.78. The molecule has 3 rings (SSSR count). The summed E-state index contributed by atoms with van der Waals surface area (Å²) in [5.41, 5.74) is 8.99. The van der Waals surface area contributed by atoms with Crippen molar-refractivity contribution in [2.45, 2.75) is 25.8 Å². The van der Waals surface area contributed by atoms with Gasteiger partial charge in [-0.1, -0.05) is 55.8 Å². The number of nitrogens with two attached hydrogens (primary N) is 1. The number of rotatable bonds is 4. The molecule has 102 valence electrons. The summed E-state index contributed by atoms with van der Waals surface area (Å²) in [6.45, 7) is 2.21. The van der Waals surface area contributed by atoms with Gasteiger partial charge < -0.3 is 5.73 Å². The van der Waals surface area contributed by atoms with Gasteiger partial charge in [-0.3, -0.25) is 0 Å². The average Bonchev–Trinajstić information content (AvgIpc) is 2.91. The fourth-order valence-corrected chi connectivity index (χ4v) is 3.59. The third-order valence-electron chi connectivity index (χ3n) is 3.63. The number of hydrogen-bond acceptors (Lipinski definition) is 2. The summed E-state index contributed by atoms with van der Waals surface area (Å²) in [5, 5.41) is 1.28. The highest BCUT2D eigenvalue weighted by molar-refractivity contribution is 7.19. The lowest BCUT2D eigenvalue weighted by molar-refractivity contribution is 0.884. The molecule has 0 aliphatic rings. The summed E-state index contributed by atoms with van der Waals surface area (Å²) in [6.07, 6.45) is 2.32. The summed E-state index contributed by atoms with van der Waals surface area (Å²) in [7, 11) is 0. The molecule has 1 heterocycles. The van der Waals surface area contributed by atoms with Crippen LogP contribution in [0.5, 0.6) is 0 Å². The summed E-state index contributed by atoms with van der Waals surface area (Å²) in [6, 6.07) is 19.4. The Morgan fingerprint density at radius 1 is 1.05 bits per heavy atom. The van der Waals surface area contributed by atoms with Gasteiger partial charge in [0, 0.05) is 9.58 Å². The van der Waals surface area contributed by atoms with E-state index in [4.69, 9.17) is 5.73 Å². The van der Waals surface area contributed by atoms with E-state index in [-0.39, 0.29) is 6.04 Å². The summed E-state index contributed by atoms with van der Waals surface area (Å²) >= 11 is 1.79. The molecule has 2 N–H and O–H groups in total. The van der Waals surface area contributed by atoms with Gasteiger partial charge in [0.2, 0.25) is 0 Å². The molecule has 1 nitrogen and oxygen atoms in total. The smallest absolute Gasteiger partial charge is 0.0646 e. The Kier molecular flexibility index (Phi) is 3.86. The third kappa shape index (κ3) is 2.62. The van der Waals surface area contributed by atoms with Crippen molar-refractivity contribution in [2.24, 2.45) is 5.73 Å². The van der Waals surface area contributed by atoms with Gasteiger partial charge in [-0.05, 0) is 35.1 Å². The van der Waals surface area contributed by atoms with E-state index in [1.807, 2.05) is 0 Å². The van der Waals surface area contributed by atoms with Gasteiger partial charge >= 0.3 is 0 Å². The molecule has 2 heteroatoms. The van der Waals surface area contributed by atoms with Crippen LogP contribution >= 0.6 is 11.3 Å². The Morgan fingerprint density at radius 3 is 2.50 bits per heavy atom. The molecule has 0 aliphatic heterocycles. The monoisotopic (exact) mass is 281 g/mol. The van der Waals surface area contributed by atoms with Gasteiger partial charge in [0.25, 0.3) is 0 Å². The number of thiophene rings is 1. The van der Waals surface area contributed by atoms with Crippen molar-refractivity contribution in [3.8, 4) is 0 Å². The number of hydrogen-bond donors (Lipinski definition) is 1. The second-order valence-corrected chi connectivity index (χ2v) is 6.27. The number of aryl methyl sites for hydroxylation is 1. The van der Waals surface area contributed by atoms with Crippen LogP contribution in [0.1, 0.15) is 35.4 Å². The molecule has 3 aromatic rings. The first-order valence-electron chi connectivity index (χ1n) is 7.11. The third-order valence-corrected chi connectivity index (χ3v) is 4.83. The van der Waals surface area contributed by atoms with Gasteiger partial charge in [0.05, 0.1) is 6.04 Å². The highest BCUT2D eigenvalue weighted by atomic mass is 32.1. The highest BCUT2D eigenvalue weighted by Crippen LogP contribution is 2.31. The summed E-state index contributed by atoms with van der Waals surface area (Å²) in [4.78, 5) is 1.23. The second-order valence-electron chi connectivity index (χ2n) is 5.16. The Morgan fingerprint density at radius 2 is 1.80 bits per heavy atom. The predicted molar refractivity (Wildman–Crippen MR) is 88.3 cm³/mol. The van der Waals surface area contributed by atoms with Crippen molar-refractivity contribution < 1.29 is 0 Å². The predicted octanol–water partition coefficient (Wildman–Crippen LogP) is 4.90. The molecule has 0 fully saturated rings. The molecule has 0 amide bonds. The molecule has 0 spiro atoms. The quantitative estimate of drug-likeness (QED) is 0.723. The lowest BCUT2D eigenvalue weighted by atomic mass is 10.0. The minimum Gasteiger partial charge on any atom is -0.320 e. The van der Waals surface area contributed by atoms with Crippen LogP contribution in [0, 0.1) is 0 Å². The Bertz CT molecular complexity index is 664. The van der Waals surface area contributed by atoms with E-state index < -0.39 is 0 Å². The zero-order valence-corrected chi connectivity index (χ0v) is 12.5. The van der Waals surface area contributed by atoms with E-state index in [9.17, 15) is 0 Å². The molecular formula is C18H19NS. The molecule has 1 unspecified atom stereocenters. The van der Waals surface area contributed by atoms with Gasteiger partial charge in [-0.25, -0.2) is 0 Å². The molecule has 0 bridgehead atoms. The molecule has 0 saturated heterocycles. The van der Waals surface area contributed by atoms with Crippen LogP contribution in [-0.2, 0) is 6.42 Å². The lowest BCUT2D eigenvalue weighted by Crippen LogP contribution is -2.09. The molecule has 0 saturated carbocycles. The van der Waals surface area contributed by atoms with Gasteiger partial charge in [0.1, 0.15) is 0 Å². The van der Waals surface area contributed by atoms with Crippen molar-refractivity contribution in [3.05, 3.63) is 70.6 Å². The van der Waals surface area contributed by atoms with Gasteiger partial charge in [0.15, 0.2) is 0 Å². The van der Waals surface area contributed by atoms with Crippen LogP contribution in [0.25, 0.3) is 10.1 Å². The minimum atomic E-state index is -0.0249. The zero-order valence-electron chi connectivity index (χ0n) is 11.7. The van der Waals surface area contributed by atoms with E-state index in [2.05, 4.69) is 61.5 Å². The molecule has 1 aromatic heterocycles. The number of fused-ring (bicyclic) bond motifs is 1. The van der Waals surface area contributed by atoms with Crippen LogP contribution in [0.2, 0.25) is 0 Å². The van der Waals surface area contributed by atoms with Crippen molar-refractivity contribution in [3.63, 3.8) is 0 Å². The van der Waals surface area contributed by atoms with E-state index in [0.29, 0.717) is 0 Å². The summed E-state index contributed by atoms with van der Waals surface area (Å²) in [5.74, 6) is 0. The maximum absolute atomic E-state index is 6.41. The largest absolute Gasteiger partial charge is 0.320 e. The van der Waals surface area contributed by atoms with Crippen LogP contribution in [-0.4, -0.2) is 0 Å². The topological polar surface area (TPSA) is 26.0 Å². The Hall–Kier alpha value is -1.64. The van der Waals surface area contributed by atoms with E-state index in [1.165, 1.54) is 32.5 Å². The molecule has 2 aromatic carbocycles. The van der Waals surface area contributed by atoms with Gasteiger partial charge in [-0.15, -0.1) is 11.3 Å². The first kappa shape index (κ1) is 13.3. The van der Waals surface area contributed by atoms with E-state index in [1.54, 1.807) is 11.3 Å². The van der Waals surface area contributed by atoms with Crippen LogP contribution in [0.4, 0.5) is 0 Å².